The second kappa shape index (κ2) is 9.61. The topological polar surface area (TPSA) is 92.8 Å². The molecule has 0 spiro atoms. The Morgan fingerprint density at radius 3 is 2.63 bits per heavy atom. The molecule has 0 radical (unpaired) electrons. The zero-order valence-electron chi connectivity index (χ0n) is 16.9. The van der Waals surface area contributed by atoms with Crippen LogP contribution in [0.25, 0.3) is 11.0 Å². The van der Waals surface area contributed by atoms with Gasteiger partial charge in [-0.1, -0.05) is 18.2 Å². The molecular weight excluding hydrogens is 384 g/mol. The Kier molecular flexibility index (Phi) is 6.71. The number of fused-ring (bicyclic) bond motifs is 1. The number of carbonyl (C=O) groups excluding carboxylic acids is 2. The quantitative estimate of drug-likeness (QED) is 0.520. The van der Waals surface area contributed by atoms with Crippen molar-refractivity contribution in [2.24, 2.45) is 0 Å². The van der Waals surface area contributed by atoms with Gasteiger partial charge in [0.2, 0.25) is 5.76 Å². The number of ether oxygens (including phenoxy) is 2. The second-order valence-electron chi connectivity index (χ2n) is 6.51. The van der Waals surface area contributed by atoms with E-state index >= 15 is 0 Å². The van der Waals surface area contributed by atoms with E-state index in [1.54, 1.807) is 49.4 Å². The van der Waals surface area contributed by atoms with Crippen molar-refractivity contribution in [1.82, 2.24) is 0 Å². The summed E-state index contributed by atoms with van der Waals surface area (Å²) in [5, 5.41) is 9.62. The minimum atomic E-state index is -0.719. The summed E-state index contributed by atoms with van der Waals surface area (Å²) < 4.78 is 16.3. The van der Waals surface area contributed by atoms with Crippen LogP contribution in [0.15, 0.2) is 52.9 Å². The van der Waals surface area contributed by atoms with E-state index < -0.39 is 18.5 Å². The lowest BCUT2D eigenvalue weighted by Gasteiger charge is -2.21. The molecular formula is C23H22N2O5. The van der Waals surface area contributed by atoms with E-state index in [4.69, 9.17) is 19.2 Å². The molecule has 0 aliphatic rings. The van der Waals surface area contributed by atoms with Crippen molar-refractivity contribution < 1.29 is 23.5 Å². The van der Waals surface area contributed by atoms with Crippen molar-refractivity contribution in [3.8, 4) is 11.8 Å². The van der Waals surface area contributed by atoms with Gasteiger partial charge in [-0.25, -0.2) is 4.79 Å². The first-order valence-electron chi connectivity index (χ1n) is 9.60. The molecule has 30 heavy (non-hydrogen) atoms. The second-order valence-corrected chi connectivity index (χ2v) is 6.51. The summed E-state index contributed by atoms with van der Waals surface area (Å²) in [6.07, 6.45) is 0.166. The number of amides is 1. The number of hydrogen-bond donors (Lipinski definition) is 0. The highest BCUT2D eigenvalue weighted by Gasteiger charge is 2.22. The van der Waals surface area contributed by atoms with E-state index in [0.717, 1.165) is 5.39 Å². The molecule has 0 aliphatic heterocycles. The van der Waals surface area contributed by atoms with Gasteiger partial charge in [0.05, 0.1) is 19.1 Å². The molecule has 0 N–H and O–H groups in total. The molecule has 0 saturated carbocycles. The smallest absolute Gasteiger partial charge is 0.375 e. The van der Waals surface area contributed by atoms with Crippen molar-refractivity contribution in [3.05, 3.63) is 59.9 Å². The molecule has 0 fully saturated rings. The van der Waals surface area contributed by atoms with Gasteiger partial charge in [0.25, 0.3) is 5.91 Å². The lowest BCUT2D eigenvalue weighted by molar-refractivity contribution is -0.121. The number of furan rings is 1. The Morgan fingerprint density at radius 2 is 1.93 bits per heavy atom. The van der Waals surface area contributed by atoms with E-state index in [2.05, 4.69) is 0 Å². The first-order valence-corrected chi connectivity index (χ1v) is 9.60. The molecule has 0 aliphatic carbocycles. The largest absolute Gasteiger partial charge is 0.494 e. The third-order valence-electron chi connectivity index (χ3n) is 4.55. The first-order chi connectivity index (χ1) is 14.5. The molecule has 7 nitrogen and oxygen atoms in total. The van der Waals surface area contributed by atoms with Crippen LogP contribution in [0.3, 0.4) is 0 Å². The third-order valence-corrected chi connectivity index (χ3v) is 4.55. The molecule has 154 valence electrons. The van der Waals surface area contributed by atoms with Crippen molar-refractivity contribution in [2.45, 2.75) is 20.3 Å². The number of carbonyl (C=O) groups is 2. The van der Waals surface area contributed by atoms with Crippen LogP contribution in [-0.2, 0) is 9.53 Å². The lowest BCUT2D eigenvalue weighted by atomic mass is 10.1. The fraction of sp³-hybridized carbons (Fsp3) is 0.261. The highest BCUT2D eigenvalue weighted by molar-refractivity contribution is 5.99. The molecule has 7 heteroatoms. The van der Waals surface area contributed by atoms with Gasteiger partial charge in [0.15, 0.2) is 6.61 Å². The number of nitriles is 1. The highest BCUT2D eigenvalue weighted by Crippen LogP contribution is 2.29. The van der Waals surface area contributed by atoms with Crippen LogP contribution < -0.4 is 9.64 Å². The molecule has 1 aromatic heterocycles. The summed E-state index contributed by atoms with van der Waals surface area (Å²) in [6, 6.07) is 16.3. The number of rotatable bonds is 8. The Morgan fingerprint density at radius 1 is 1.17 bits per heavy atom. The van der Waals surface area contributed by atoms with Gasteiger partial charge in [0, 0.05) is 23.2 Å². The predicted octanol–water partition coefficient (Wildman–Crippen LogP) is 4.24. The molecule has 0 bridgehead atoms. The third kappa shape index (κ3) is 4.61. The van der Waals surface area contributed by atoms with E-state index in [1.807, 2.05) is 19.1 Å². The maximum atomic E-state index is 12.7. The van der Waals surface area contributed by atoms with Gasteiger partial charge in [-0.2, -0.15) is 5.26 Å². The fourth-order valence-electron chi connectivity index (χ4n) is 3.09. The normalized spacial score (nSPS) is 10.4. The number of hydrogen-bond acceptors (Lipinski definition) is 6. The van der Waals surface area contributed by atoms with Gasteiger partial charge in [-0.3, -0.25) is 4.79 Å². The summed E-state index contributed by atoms with van der Waals surface area (Å²) in [5.41, 5.74) is 1.79. The SMILES string of the molecule is CCOc1ccc2oc(C(=O)OCC(=O)N(CCC#N)c3ccccc3)c(C)c2c1. The zero-order valence-corrected chi connectivity index (χ0v) is 16.9. The highest BCUT2D eigenvalue weighted by atomic mass is 16.5. The maximum Gasteiger partial charge on any atom is 0.375 e. The number of nitrogens with zero attached hydrogens (tertiary/aromatic N) is 2. The Labute approximate surface area is 174 Å². The van der Waals surface area contributed by atoms with Crippen molar-refractivity contribution in [3.63, 3.8) is 0 Å². The van der Waals surface area contributed by atoms with Gasteiger partial charge >= 0.3 is 5.97 Å². The van der Waals surface area contributed by atoms with E-state index in [-0.39, 0.29) is 18.7 Å². The summed E-state index contributed by atoms with van der Waals surface area (Å²) in [5.74, 6) is -0.407. The number of esters is 1. The van der Waals surface area contributed by atoms with Crippen LogP contribution in [0.4, 0.5) is 5.69 Å². The summed E-state index contributed by atoms with van der Waals surface area (Å²) in [6.45, 7) is 3.93. The Hall–Kier alpha value is -3.79. The Bertz CT molecular complexity index is 1080. The molecule has 0 atom stereocenters. The molecule has 0 saturated heterocycles. The van der Waals surface area contributed by atoms with Crippen LogP contribution in [0, 0.1) is 18.3 Å². The molecule has 3 aromatic rings. The molecule has 2 aromatic carbocycles. The molecule has 3 rings (SSSR count). The average molecular weight is 406 g/mol. The van der Waals surface area contributed by atoms with Crippen LogP contribution in [0.5, 0.6) is 5.75 Å². The molecule has 1 amide bonds. The van der Waals surface area contributed by atoms with E-state index in [9.17, 15) is 9.59 Å². The van der Waals surface area contributed by atoms with E-state index in [1.165, 1.54) is 4.90 Å². The fourth-order valence-corrected chi connectivity index (χ4v) is 3.09. The van der Waals surface area contributed by atoms with Crippen LogP contribution in [0.2, 0.25) is 0 Å². The van der Waals surface area contributed by atoms with Gasteiger partial charge in [-0.05, 0) is 44.2 Å². The zero-order chi connectivity index (χ0) is 21.5. The van der Waals surface area contributed by atoms with Crippen LogP contribution in [-0.4, -0.2) is 31.6 Å². The van der Waals surface area contributed by atoms with Crippen molar-refractivity contribution in [1.29, 1.82) is 5.26 Å². The number of aryl methyl sites for hydroxylation is 1. The van der Waals surface area contributed by atoms with Crippen molar-refractivity contribution >= 4 is 28.5 Å². The van der Waals surface area contributed by atoms with Crippen LogP contribution in [0.1, 0.15) is 29.5 Å². The monoisotopic (exact) mass is 406 g/mol. The minimum absolute atomic E-state index is 0.0507. The maximum absolute atomic E-state index is 12.7. The average Bonchev–Trinajstić information content (AvgIpc) is 3.09. The van der Waals surface area contributed by atoms with Crippen LogP contribution >= 0.6 is 0 Å². The number of para-hydroxylation sites is 1. The van der Waals surface area contributed by atoms with Gasteiger partial charge < -0.3 is 18.8 Å². The molecule has 1 heterocycles. The number of anilines is 1. The first kappa shape index (κ1) is 20.9. The lowest BCUT2D eigenvalue weighted by Crippen LogP contribution is -2.35. The standard InChI is InChI=1S/C23H22N2O5/c1-3-28-18-10-11-20-19(14-18)16(2)22(30-20)23(27)29-15-21(26)25(13-7-12-24)17-8-5-4-6-9-17/h4-6,8-11,14H,3,7,13,15H2,1-2H3. The predicted molar refractivity (Wildman–Crippen MR) is 111 cm³/mol. The van der Waals surface area contributed by atoms with Gasteiger partial charge in [0.1, 0.15) is 11.3 Å². The number of benzene rings is 2. The van der Waals surface area contributed by atoms with E-state index in [0.29, 0.717) is 29.2 Å². The minimum Gasteiger partial charge on any atom is -0.494 e. The summed E-state index contributed by atoms with van der Waals surface area (Å²) in [4.78, 5) is 26.6. The Balaban J connectivity index is 1.73. The van der Waals surface area contributed by atoms with Gasteiger partial charge in [-0.15, -0.1) is 0 Å². The molecule has 0 unspecified atom stereocenters. The summed E-state index contributed by atoms with van der Waals surface area (Å²) in [7, 11) is 0. The van der Waals surface area contributed by atoms with Crippen molar-refractivity contribution in [2.75, 3.05) is 24.7 Å². The summed E-state index contributed by atoms with van der Waals surface area (Å²) >= 11 is 0.